The highest BCUT2D eigenvalue weighted by Gasteiger charge is 2.39. The van der Waals surface area contributed by atoms with E-state index in [0.717, 1.165) is 44.8 Å². The first-order valence-electron chi connectivity index (χ1n) is 9.12. The molecule has 2 saturated heterocycles. The summed E-state index contributed by atoms with van der Waals surface area (Å²) in [6, 6.07) is 16.1. The van der Waals surface area contributed by atoms with Gasteiger partial charge in [0.25, 0.3) is 0 Å². The zero-order valence-electron chi connectivity index (χ0n) is 14.6. The van der Waals surface area contributed by atoms with Gasteiger partial charge in [-0.3, -0.25) is 9.80 Å². The minimum Gasteiger partial charge on any atom is -0.298 e. The maximum atomic E-state index is 12.7. The van der Waals surface area contributed by atoms with Crippen LogP contribution in [0.4, 0.5) is 13.2 Å². The predicted octanol–water partition coefficient (Wildman–Crippen LogP) is 4.27. The second-order valence-corrected chi connectivity index (χ2v) is 7.59. The Morgan fingerprint density at radius 1 is 0.692 bits per heavy atom. The Balaban J connectivity index is 1.29. The van der Waals surface area contributed by atoms with Crippen molar-refractivity contribution in [2.75, 3.05) is 26.2 Å². The molecule has 2 aliphatic heterocycles. The molecule has 5 heteroatoms. The van der Waals surface area contributed by atoms with Crippen LogP contribution >= 0.6 is 0 Å². The van der Waals surface area contributed by atoms with Crippen LogP contribution in [0.25, 0.3) is 0 Å². The number of likely N-dealkylation sites (tertiary alicyclic amines) is 2. The van der Waals surface area contributed by atoms with Gasteiger partial charge in [0.2, 0.25) is 0 Å². The van der Waals surface area contributed by atoms with Gasteiger partial charge in [-0.05, 0) is 35.1 Å². The Morgan fingerprint density at radius 3 is 1.62 bits per heavy atom. The van der Waals surface area contributed by atoms with Gasteiger partial charge in [0, 0.05) is 39.3 Å². The number of hydrogen-bond acceptors (Lipinski definition) is 2. The number of nitrogens with zero attached hydrogens (tertiary/aromatic N) is 2. The summed E-state index contributed by atoms with van der Waals surface area (Å²) in [5.74, 6) is 1.35. The van der Waals surface area contributed by atoms with E-state index in [-0.39, 0.29) is 0 Å². The van der Waals surface area contributed by atoms with E-state index < -0.39 is 11.7 Å². The second-order valence-electron chi connectivity index (χ2n) is 7.59. The minimum atomic E-state index is -4.26. The smallest absolute Gasteiger partial charge is 0.298 e. The maximum Gasteiger partial charge on any atom is 0.416 e. The van der Waals surface area contributed by atoms with E-state index in [1.54, 1.807) is 12.1 Å². The molecule has 0 bridgehead atoms. The molecular weight excluding hydrogens is 337 g/mol. The van der Waals surface area contributed by atoms with Crippen molar-refractivity contribution >= 4 is 0 Å². The summed E-state index contributed by atoms with van der Waals surface area (Å²) < 4.78 is 38.0. The quantitative estimate of drug-likeness (QED) is 0.803. The van der Waals surface area contributed by atoms with Gasteiger partial charge < -0.3 is 0 Å². The van der Waals surface area contributed by atoms with E-state index in [1.165, 1.54) is 17.7 Å². The molecule has 0 aromatic heterocycles. The number of halogens is 3. The van der Waals surface area contributed by atoms with Crippen LogP contribution in [0, 0.1) is 11.8 Å². The lowest BCUT2D eigenvalue weighted by Crippen LogP contribution is -2.28. The first-order valence-corrected chi connectivity index (χ1v) is 9.12. The van der Waals surface area contributed by atoms with Crippen molar-refractivity contribution in [2.45, 2.75) is 19.3 Å². The number of hydrogen-bond donors (Lipinski definition) is 0. The van der Waals surface area contributed by atoms with E-state index in [0.29, 0.717) is 11.8 Å². The lowest BCUT2D eigenvalue weighted by Gasteiger charge is -2.21. The highest BCUT2D eigenvalue weighted by molar-refractivity contribution is 5.24. The largest absolute Gasteiger partial charge is 0.416 e. The Hall–Kier alpha value is -1.85. The third-order valence-electron chi connectivity index (χ3n) is 5.57. The summed E-state index contributed by atoms with van der Waals surface area (Å²) in [6.45, 7) is 6.05. The van der Waals surface area contributed by atoms with E-state index >= 15 is 0 Å². The van der Waals surface area contributed by atoms with Crippen LogP contribution in [-0.2, 0) is 19.3 Å². The van der Waals surface area contributed by atoms with Crippen LogP contribution in [0.1, 0.15) is 16.7 Å². The Bertz CT molecular complexity index is 713. The van der Waals surface area contributed by atoms with Gasteiger partial charge in [0.05, 0.1) is 5.56 Å². The normalized spacial score (nSPS) is 24.1. The molecule has 2 fully saturated rings. The monoisotopic (exact) mass is 360 g/mol. The molecule has 26 heavy (non-hydrogen) atoms. The average Bonchev–Trinajstić information content (AvgIpc) is 3.13. The molecule has 0 radical (unpaired) electrons. The third-order valence-corrected chi connectivity index (χ3v) is 5.57. The summed E-state index contributed by atoms with van der Waals surface area (Å²) in [7, 11) is 0. The van der Waals surface area contributed by atoms with Crippen molar-refractivity contribution in [1.29, 1.82) is 0 Å². The number of benzene rings is 2. The third kappa shape index (κ3) is 3.94. The molecule has 2 heterocycles. The van der Waals surface area contributed by atoms with Crippen LogP contribution in [0.5, 0.6) is 0 Å². The summed E-state index contributed by atoms with van der Waals surface area (Å²) in [5, 5.41) is 0. The molecule has 4 rings (SSSR count). The standard InChI is InChI=1S/C21H23F3N2/c22-21(23,24)20-8-6-17(7-9-20)11-26-14-18-12-25(13-19(18)15-26)10-16-4-2-1-3-5-16/h1-9,18-19H,10-15H2/t18-,19-/m0/s1. The van der Waals surface area contributed by atoms with Gasteiger partial charge in [-0.2, -0.15) is 13.2 Å². The number of rotatable bonds is 4. The number of fused-ring (bicyclic) bond motifs is 1. The SMILES string of the molecule is FC(F)(F)c1ccc(CN2C[C@@H]3CN(Cc4ccccc4)C[C@H]3C2)cc1. The highest BCUT2D eigenvalue weighted by atomic mass is 19.4. The molecule has 2 aromatic rings. The molecule has 0 N–H and O–H groups in total. The molecule has 2 atom stereocenters. The van der Waals surface area contributed by atoms with Crippen molar-refractivity contribution < 1.29 is 13.2 Å². The molecule has 2 aromatic carbocycles. The number of alkyl halides is 3. The maximum absolute atomic E-state index is 12.7. The van der Waals surface area contributed by atoms with E-state index in [2.05, 4.69) is 34.1 Å². The highest BCUT2D eigenvalue weighted by Crippen LogP contribution is 2.33. The van der Waals surface area contributed by atoms with E-state index in [9.17, 15) is 13.2 Å². The summed E-state index contributed by atoms with van der Waals surface area (Å²) in [4.78, 5) is 4.91. The average molecular weight is 360 g/mol. The Labute approximate surface area is 152 Å². The minimum absolute atomic E-state index is 0.573. The molecular formula is C21H23F3N2. The fourth-order valence-electron chi connectivity index (χ4n) is 4.34. The lowest BCUT2D eigenvalue weighted by molar-refractivity contribution is -0.137. The fourth-order valence-corrected chi connectivity index (χ4v) is 4.34. The van der Waals surface area contributed by atoms with Gasteiger partial charge >= 0.3 is 6.18 Å². The fraction of sp³-hybridized carbons (Fsp3) is 0.429. The Morgan fingerprint density at radius 2 is 1.15 bits per heavy atom. The molecule has 0 saturated carbocycles. The van der Waals surface area contributed by atoms with Gasteiger partial charge in [0.15, 0.2) is 0 Å². The molecule has 0 spiro atoms. The van der Waals surface area contributed by atoms with Crippen LogP contribution in [-0.4, -0.2) is 36.0 Å². The van der Waals surface area contributed by atoms with Crippen LogP contribution in [0.2, 0.25) is 0 Å². The predicted molar refractivity (Wildman–Crippen MR) is 95.4 cm³/mol. The molecule has 0 aliphatic carbocycles. The second kappa shape index (κ2) is 7.05. The zero-order chi connectivity index (χ0) is 18.1. The summed E-state index contributed by atoms with van der Waals surface area (Å²) in [6.07, 6.45) is -4.26. The first-order chi connectivity index (χ1) is 12.5. The van der Waals surface area contributed by atoms with Gasteiger partial charge in [0.1, 0.15) is 0 Å². The van der Waals surface area contributed by atoms with Crippen LogP contribution in [0.15, 0.2) is 54.6 Å². The van der Waals surface area contributed by atoms with E-state index in [1.807, 2.05) is 6.07 Å². The molecule has 0 unspecified atom stereocenters. The van der Waals surface area contributed by atoms with Gasteiger partial charge in [-0.1, -0.05) is 42.5 Å². The Kier molecular flexibility index (Phi) is 4.76. The van der Waals surface area contributed by atoms with Crippen LogP contribution < -0.4 is 0 Å². The molecule has 2 aliphatic rings. The van der Waals surface area contributed by atoms with Gasteiger partial charge in [-0.25, -0.2) is 0 Å². The first kappa shape index (κ1) is 17.6. The summed E-state index contributed by atoms with van der Waals surface area (Å²) in [5.41, 5.74) is 1.74. The zero-order valence-corrected chi connectivity index (χ0v) is 14.6. The van der Waals surface area contributed by atoms with Crippen molar-refractivity contribution in [3.8, 4) is 0 Å². The molecule has 2 nitrogen and oxygen atoms in total. The van der Waals surface area contributed by atoms with Crippen molar-refractivity contribution in [1.82, 2.24) is 9.80 Å². The van der Waals surface area contributed by atoms with Crippen molar-refractivity contribution in [3.05, 3.63) is 71.3 Å². The molecule has 0 amide bonds. The summed E-state index contributed by atoms with van der Waals surface area (Å²) >= 11 is 0. The lowest BCUT2D eigenvalue weighted by atomic mass is 10.0. The topological polar surface area (TPSA) is 6.48 Å². The van der Waals surface area contributed by atoms with Crippen molar-refractivity contribution in [3.63, 3.8) is 0 Å². The molecule has 138 valence electrons. The van der Waals surface area contributed by atoms with Crippen LogP contribution in [0.3, 0.4) is 0 Å². The van der Waals surface area contributed by atoms with Crippen molar-refractivity contribution in [2.24, 2.45) is 11.8 Å². The van der Waals surface area contributed by atoms with Gasteiger partial charge in [-0.15, -0.1) is 0 Å². The van der Waals surface area contributed by atoms with E-state index in [4.69, 9.17) is 0 Å².